The summed E-state index contributed by atoms with van der Waals surface area (Å²) in [5.74, 6) is -0.778. The van der Waals surface area contributed by atoms with Crippen molar-refractivity contribution in [1.29, 1.82) is 0 Å². The van der Waals surface area contributed by atoms with Gasteiger partial charge >= 0.3 is 5.97 Å². The summed E-state index contributed by atoms with van der Waals surface area (Å²) < 4.78 is 0. The lowest BCUT2D eigenvalue weighted by Crippen LogP contribution is -2.56. The van der Waals surface area contributed by atoms with Crippen molar-refractivity contribution in [3.05, 3.63) is 0 Å². The van der Waals surface area contributed by atoms with Crippen molar-refractivity contribution in [3.8, 4) is 0 Å². The van der Waals surface area contributed by atoms with Crippen LogP contribution < -0.4 is 10.6 Å². The zero-order valence-corrected chi connectivity index (χ0v) is 5.92. The quantitative estimate of drug-likeness (QED) is 0.442. The maximum Gasteiger partial charge on any atom is 0.322 e. The molecular weight excluding hydrogens is 132 g/mol. The predicted molar refractivity (Wildman–Crippen MR) is 36.9 cm³/mol. The SMILES string of the molecule is C[C@H]1CN[C@H](C(=O)O)CN1. The Morgan fingerprint density at radius 2 is 2.20 bits per heavy atom. The summed E-state index contributed by atoms with van der Waals surface area (Å²) in [6.45, 7) is 3.28. The first-order chi connectivity index (χ1) is 4.70. The molecule has 0 aliphatic carbocycles. The summed E-state index contributed by atoms with van der Waals surface area (Å²) in [5, 5.41) is 14.5. The minimum absolute atomic E-state index is 0.385. The van der Waals surface area contributed by atoms with Crippen LogP contribution in [0.4, 0.5) is 0 Å². The summed E-state index contributed by atoms with van der Waals surface area (Å²) in [5.41, 5.74) is 0. The van der Waals surface area contributed by atoms with Gasteiger partial charge < -0.3 is 15.7 Å². The standard InChI is InChI=1S/C6H12N2O2/c1-4-2-8-5(3-7-4)6(9)10/h4-5,7-8H,2-3H2,1H3,(H,9,10)/t4-,5-/m0/s1. The van der Waals surface area contributed by atoms with Crippen LogP contribution in [0, 0.1) is 0 Å². The Labute approximate surface area is 59.6 Å². The smallest absolute Gasteiger partial charge is 0.322 e. The molecule has 0 aromatic heterocycles. The van der Waals surface area contributed by atoms with E-state index in [4.69, 9.17) is 5.11 Å². The fourth-order valence-electron chi connectivity index (χ4n) is 0.957. The van der Waals surface area contributed by atoms with Gasteiger partial charge in [0.15, 0.2) is 0 Å². The fourth-order valence-corrected chi connectivity index (χ4v) is 0.957. The number of hydrogen-bond acceptors (Lipinski definition) is 3. The van der Waals surface area contributed by atoms with E-state index in [2.05, 4.69) is 10.6 Å². The van der Waals surface area contributed by atoms with Gasteiger partial charge in [-0.1, -0.05) is 0 Å². The molecule has 0 unspecified atom stereocenters. The van der Waals surface area contributed by atoms with Crippen LogP contribution in [0.25, 0.3) is 0 Å². The van der Waals surface area contributed by atoms with Crippen LogP contribution in [0.2, 0.25) is 0 Å². The van der Waals surface area contributed by atoms with Crippen LogP contribution in [-0.4, -0.2) is 36.2 Å². The van der Waals surface area contributed by atoms with Crippen LogP contribution in [0.15, 0.2) is 0 Å². The molecule has 10 heavy (non-hydrogen) atoms. The first kappa shape index (κ1) is 7.50. The third-order valence-corrected chi connectivity index (χ3v) is 1.64. The zero-order chi connectivity index (χ0) is 7.56. The topological polar surface area (TPSA) is 61.4 Å². The monoisotopic (exact) mass is 144 g/mol. The highest BCUT2D eigenvalue weighted by molar-refractivity contribution is 5.73. The van der Waals surface area contributed by atoms with Crippen molar-refractivity contribution in [2.75, 3.05) is 13.1 Å². The molecule has 1 saturated heterocycles. The van der Waals surface area contributed by atoms with Gasteiger partial charge in [-0.25, -0.2) is 0 Å². The van der Waals surface area contributed by atoms with Gasteiger partial charge in [0.25, 0.3) is 0 Å². The number of aliphatic carboxylic acids is 1. The third-order valence-electron chi connectivity index (χ3n) is 1.64. The normalized spacial score (nSPS) is 33.7. The van der Waals surface area contributed by atoms with Crippen molar-refractivity contribution in [1.82, 2.24) is 10.6 Å². The number of carbonyl (C=O) groups is 1. The molecule has 0 aromatic rings. The van der Waals surface area contributed by atoms with Gasteiger partial charge in [-0.15, -0.1) is 0 Å². The molecule has 0 spiro atoms. The average Bonchev–Trinajstić information content (AvgIpc) is 1.88. The van der Waals surface area contributed by atoms with Crippen molar-refractivity contribution >= 4 is 5.97 Å². The largest absolute Gasteiger partial charge is 0.480 e. The lowest BCUT2D eigenvalue weighted by atomic mass is 10.2. The Balaban J connectivity index is 2.33. The van der Waals surface area contributed by atoms with E-state index in [0.717, 1.165) is 6.54 Å². The number of carboxylic acids is 1. The van der Waals surface area contributed by atoms with E-state index in [1.165, 1.54) is 0 Å². The second kappa shape index (κ2) is 2.98. The molecular formula is C6H12N2O2. The molecule has 0 saturated carbocycles. The van der Waals surface area contributed by atoms with E-state index in [1.54, 1.807) is 0 Å². The summed E-state index contributed by atoms with van der Waals surface area (Å²) in [7, 11) is 0. The number of carboxylic acid groups (broad SMARTS) is 1. The Morgan fingerprint density at radius 1 is 1.50 bits per heavy atom. The van der Waals surface area contributed by atoms with E-state index in [0.29, 0.717) is 12.6 Å². The van der Waals surface area contributed by atoms with Gasteiger partial charge in [-0.2, -0.15) is 0 Å². The van der Waals surface area contributed by atoms with Crippen LogP contribution in [0.3, 0.4) is 0 Å². The van der Waals surface area contributed by atoms with Gasteiger partial charge in [0.1, 0.15) is 6.04 Å². The molecule has 0 radical (unpaired) electrons. The van der Waals surface area contributed by atoms with E-state index in [9.17, 15) is 4.79 Å². The van der Waals surface area contributed by atoms with Gasteiger partial charge in [-0.3, -0.25) is 4.79 Å². The second-order valence-electron chi connectivity index (χ2n) is 2.61. The van der Waals surface area contributed by atoms with Crippen LogP contribution in [-0.2, 0) is 4.79 Å². The average molecular weight is 144 g/mol. The summed E-state index contributed by atoms with van der Waals surface area (Å²) in [6.07, 6.45) is 0. The highest BCUT2D eigenvalue weighted by Gasteiger charge is 2.21. The van der Waals surface area contributed by atoms with Crippen molar-refractivity contribution in [2.45, 2.75) is 19.0 Å². The van der Waals surface area contributed by atoms with Gasteiger partial charge in [-0.05, 0) is 6.92 Å². The molecule has 58 valence electrons. The van der Waals surface area contributed by atoms with Gasteiger partial charge in [0.2, 0.25) is 0 Å². The highest BCUT2D eigenvalue weighted by Crippen LogP contribution is 1.91. The Morgan fingerprint density at radius 3 is 2.60 bits per heavy atom. The molecule has 2 atom stereocenters. The van der Waals surface area contributed by atoms with Crippen LogP contribution in [0.5, 0.6) is 0 Å². The maximum atomic E-state index is 10.4. The minimum atomic E-state index is -0.778. The predicted octanol–water partition coefficient (Wildman–Crippen LogP) is -0.979. The van der Waals surface area contributed by atoms with Crippen molar-refractivity contribution < 1.29 is 9.90 Å². The van der Waals surface area contributed by atoms with Crippen molar-refractivity contribution in [3.63, 3.8) is 0 Å². The Hall–Kier alpha value is -0.610. The van der Waals surface area contributed by atoms with Crippen LogP contribution >= 0.6 is 0 Å². The number of nitrogens with one attached hydrogen (secondary N) is 2. The molecule has 4 heteroatoms. The first-order valence-electron chi connectivity index (χ1n) is 3.39. The molecule has 1 aliphatic rings. The molecule has 0 amide bonds. The van der Waals surface area contributed by atoms with Crippen molar-refractivity contribution in [2.24, 2.45) is 0 Å². The fraction of sp³-hybridized carbons (Fsp3) is 0.833. The molecule has 0 aromatic carbocycles. The van der Waals surface area contributed by atoms with E-state index in [1.807, 2.05) is 6.92 Å². The minimum Gasteiger partial charge on any atom is -0.480 e. The highest BCUT2D eigenvalue weighted by atomic mass is 16.4. The van der Waals surface area contributed by atoms with Gasteiger partial charge in [0.05, 0.1) is 0 Å². The summed E-state index contributed by atoms with van der Waals surface area (Å²) >= 11 is 0. The number of rotatable bonds is 1. The second-order valence-corrected chi connectivity index (χ2v) is 2.61. The lowest BCUT2D eigenvalue weighted by Gasteiger charge is -2.25. The summed E-state index contributed by atoms with van der Waals surface area (Å²) in [6, 6.07) is -0.0215. The maximum absolute atomic E-state index is 10.4. The van der Waals surface area contributed by atoms with E-state index in [-0.39, 0.29) is 0 Å². The molecule has 1 heterocycles. The van der Waals surface area contributed by atoms with E-state index < -0.39 is 12.0 Å². The lowest BCUT2D eigenvalue weighted by molar-refractivity contribution is -0.139. The Bertz CT molecular complexity index is 130. The first-order valence-corrected chi connectivity index (χ1v) is 3.39. The van der Waals surface area contributed by atoms with E-state index >= 15 is 0 Å². The summed E-state index contributed by atoms with van der Waals surface area (Å²) in [4.78, 5) is 10.4. The molecule has 4 nitrogen and oxygen atoms in total. The van der Waals surface area contributed by atoms with Crippen LogP contribution in [0.1, 0.15) is 6.92 Å². The molecule has 1 aliphatic heterocycles. The molecule has 1 fully saturated rings. The number of hydrogen-bond donors (Lipinski definition) is 3. The molecule has 1 rings (SSSR count). The molecule has 0 bridgehead atoms. The Kier molecular flexibility index (Phi) is 2.24. The zero-order valence-electron chi connectivity index (χ0n) is 5.92. The number of piperazine rings is 1. The third kappa shape index (κ3) is 1.68. The van der Waals surface area contributed by atoms with Gasteiger partial charge in [0, 0.05) is 19.1 Å². The molecule has 3 N–H and O–H groups in total.